The Morgan fingerprint density at radius 1 is 1.33 bits per heavy atom. The van der Waals surface area contributed by atoms with Gasteiger partial charge in [-0.15, -0.1) is 0 Å². The highest BCUT2D eigenvalue weighted by Crippen LogP contribution is 2.20. The van der Waals surface area contributed by atoms with Crippen LogP contribution in [-0.4, -0.2) is 44.9 Å². The van der Waals surface area contributed by atoms with Crippen molar-refractivity contribution >= 4 is 5.91 Å². The summed E-state index contributed by atoms with van der Waals surface area (Å²) in [5.41, 5.74) is -0.0509. The summed E-state index contributed by atoms with van der Waals surface area (Å²) >= 11 is 0. The monoisotopic (exact) mass is 294 g/mol. The zero-order valence-corrected chi connectivity index (χ0v) is 12.5. The number of rotatable bonds is 3. The minimum Gasteiger partial charge on any atom is -0.381 e. The molecule has 1 aromatic heterocycles. The van der Waals surface area contributed by atoms with Crippen LogP contribution in [0.4, 0.5) is 0 Å². The molecule has 0 saturated carbocycles. The molecule has 0 unspecified atom stereocenters. The van der Waals surface area contributed by atoms with Crippen molar-refractivity contribution in [3.05, 3.63) is 16.3 Å². The van der Waals surface area contributed by atoms with E-state index >= 15 is 0 Å². The summed E-state index contributed by atoms with van der Waals surface area (Å²) in [5.74, 6) is 0.955. The lowest BCUT2D eigenvalue weighted by atomic mass is 9.98. The average Bonchev–Trinajstić information content (AvgIpc) is 2.84. The Balaban J connectivity index is 1.73. The second-order valence-corrected chi connectivity index (χ2v) is 5.72. The van der Waals surface area contributed by atoms with E-state index in [4.69, 9.17) is 4.74 Å². The number of ether oxygens (including phenoxy) is 1. The summed E-state index contributed by atoms with van der Waals surface area (Å²) in [7, 11) is 0. The number of aryl methyl sites for hydroxylation is 1. The molecule has 2 aliphatic heterocycles. The molecule has 1 saturated heterocycles. The van der Waals surface area contributed by atoms with E-state index in [1.165, 1.54) is 4.68 Å². The van der Waals surface area contributed by atoms with Crippen LogP contribution in [0.3, 0.4) is 0 Å². The van der Waals surface area contributed by atoms with Gasteiger partial charge in [-0.3, -0.25) is 9.36 Å². The molecule has 3 heterocycles. The normalized spacial score (nSPS) is 19.6. The third-order valence-corrected chi connectivity index (χ3v) is 4.24. The van der Waals surface area contributed by atoms with Crippen molar-refractivity contribution in [3.63, 3.8) is 0 Å². The molecule has 0 radical (unpaired) electrons. The Bertz CT molecular complexity index is 571. The average molecular weight is 294 g/mol. The van der Waals surface area contributed by atoms with Gasteiger partial charge in [-0.2, -0.15) is 5.10 Å². The van der Waals surface area contributed by atoms with E-state index in [2.05, 4.69) is 5.10 Å². The van der Waals surface area contributed by atoms with Crippen LogP contribution in [0.2, 0.25) is 0 Å². The molecule has 0 aliphatic carbocycles. The van der Waals surface area contributed by atoms with E-state index in [-0.39, 0.29) is 17.5 Å². The molecular weight excluding hydrogens is 272 g/mol. The van der Waals surface area contributed by atoms with Crippen LogP contribution in [0.15, 0.2) is 4.79 Å². The predicted molar refractivity (Wildman–Crippen MR) is 75.7 cm³/mol. The Morgan fingerprint density at radius 3 is 2.81 bits per heavy atom. The lowest BCUT2D eigenvalue weighted by molar-refractivity contribution is -0.140. The predicted octanol–water partition coefficient (Wildman–Crippen LogP) is 0.224. The van der Waals surface area contributed by atoms with E-state index < -0.39 is 0 Å². The second-order valence-electron chi connectivity index (χ2n) is 5.72. The van der Waals surface area contributed by atoms with Crippen LogP contribution in [0.1, 0.15) is 32.0 Å². The summed E-state index contributed by atoms with van der Waals surface area (Å²) in [6.45, 7) is 5.58. The number of amides is 1. The molecule has 116 valence electrons. The largest absolute Gasteiger partial charge is 0.381 e. The highest BCUT2D eigenvalue weighted by atomic mass is 16.5. The van der Waals surface area contributed by atoms with Crippen LogP contribution in [0.25, 0.3) is 0 Å². The molecule has 0 aromatic carbocycles. The van der Waals surface area contributed by atoms with Crippen molar-refractivity contribution in [2.45, 2.75) is 45.8 Å². The molecule has 1 aromatic rings. The number of hydrogen-bond acceptors (Lipinski definition) is 4. The van der Waals surface area contributed by atoms with Gasteiger partial charge in [-0.1, -0.05) is 6.92 Å². The molecule has 7 heteroatoms. The van der Waals surface area contributed by atoms with Gasteiger partial charge in [0.2, 0.25) is 5.91 Å². The zero-order valence-electron chi connectivity index (χ0n) is 12.5. The number of aromatic nitrogens is 3. The number of carbonyl (C=O) groups is 1. The second kappa shape index (κ2) is 6.01. The van der Waals surface area contributed by atoms with Gasteiger partial charge in [0.25, 0.3) is 0 Å². The first-order valence-electron chi connectivity index (χ1n) is 7.73. The lowest BCUT2D eigenvalue weighted by Gasteiger charge is -2.31. The first-order chi connectivity index (χ1) is 10.2. The fraction of sp³-hybridized carbons (Fsp3) is 0.786. The van der Waals surface area contributed by atoms with Crippen molar-refractivity contribution < 1.29 is 9.53 Å². The SMILES string of the molecule is CCCn1nc2n(c1=O)CCN(C(=O)C1CCOCC1)C2. The molecule has 21 heavy (non-hydrogen) atoms. The van der Waals surface area contributed by atoms with Gasteiger partial charge < -0.3 is 9.64 Å². The van der Waals surface area contributed by atoms with Gasteiger partial charge in [-0.25, -0.2) is 9.48 Å². The number of fused-ring (bicyclic) bond motifs is 1. The molecule has 2 aliphatic rings. The van der Waals surface area contributed by atoms with Crippen molar-refractivity contribution in [2.75, 3.05) is 19.8 Å². The molecule has 1 amide bonds. The highest BCUT2D eigenvalue weighted by molar-refractivity contribution is 5.79. The molecule has 0 bridgehead atoms. The van der Waals surface area contributed by atoms with Crippen molar-refractivity contribution in [3.8, 4) is 0 Å². The van der Waals surface area contributed by atoms with Gasteiger partial charge >= 0.3 is 5.69 Å². The highest BCUT2D eigenvalue weighted by Gasteiger charge is 2.30. The molecule has 7 nitrogen and oxygen atoms in total. The van der Waals surface area contributed by atoms with Gasteiger partial charge in [0.1, 0.15) is 0 Å². The molecule has 3 rings (SSSR count). The van der Waals surface area contributed by atoms with Crippen LogP contribution >= 0.6 is 0 Å². The van der Waals surface area contributed by atoms with E-state index in [1.54, 1.807) is 4.57 Å². The van der Waals surface area contributed by atoms with Gasteiger partial charge in [0.15, 0.2) is 5.82 Å². The topological polar surface area (TPSA) is 69.4 Å². The maximum Gasteiger partial charge on any atom is 0.346 e. The standard InChI is InChI=1S/C14H22N4O3/c1-2-5-18-14(20)17-7-6-16(10-12(17)15-18)13(19)11-3-8-21-9-4-11/h11H,2-10H2,1H3. The minimum absolute atomic E-state index is 0.0509. The summed E-state index contributed by atoms with van der Waals surface area (Å²) < 4.78 is 8.52. The van der Waals surface area contributed by atoms with Crippen LogP contribution in [-0.2, 0) is 29.2 Å². The fourth-order valence-corrected chi connectivity index (χ4v) is 3.05. The van der Waals surface area contributed by atoms with Crippen molar-refractivity contribution in [2.24, 2.45) is 5.92 Å². The van der Waals surface area contributed by atoms with Gasteiger partial charge in [0, 0.05) is 38.8 Å². The van der Waals surface area contributed by atoms with E-state index in [0.717, 1.165) is 19.3 Å². The number of hydrogen-bond donors (Lipinski definition) is 0. The summed E-state index contributed by atoms with van der Waals surface area (Å²) in [6, 6.07) is 0. The Labute approximate surface area is 123 Å². The van der Waals surface area contributed by atoms with Gasteiger partial charge in [-0.05, 0) is 19.3 Å². The zero-order chi connectivity index (χ0) is 14.8. The first kappa shape index (κ1) is 14.3. The Hall–Kier alpha value is -1.63. The molecular formula is C14H22N4O3. The quantitative estimate of drug-likeness (QED) is 0.800. The Kier molecular flexibility index (Phi) is 4.10. The van der Waals surface area contributed by atoms with Crippen molar-refractivity contribution in [1.29, 1.82) is 0 Å². The maximum absolute atomic E-state index is 12.5. The Morgan fingerprint density at radius 2 is 2.10 bits per heavy atom. The minimum atomic E-state index is -0.0509. The number of carbonyl (C=O) groups excluding carboxylic acids is 1. The number of nitrogens with zero attached hydrogens (tertiary/aromatic N) is 4. The molecule has 0 N–H and O–H groups in total. The van der Waals surface area contributed by atoms with Crippen LogP contribution in [0, 0.1) is 5.92 Å². The molecule has 0 atom stereocenters. The summed E-state index contributed by atoms with van der Waals surface area (Å²) in [6.07, 6.45) is 2.47. The van der Waals surface area contributed by atoms with Crippen LogP contribution in [0.5, 0.6) is 0 Å². The van der Waals surface area contributed by atoms with Gasteiger partial charge in [0.05, 0.1) is 6.54 Å². The van der Waals surface area contributed by atoms with Crippen LogP contribution < -0.4 is 5.69 Å². The van der Waals surface area contributed by atoms with E-state index in [0.29, 0.717) is 45.2 Å². The molecule has 0 spiro atoms. The summed E-state index contributed by atoms with van der Waals surface area (Å²) in [4.78, 5) is 26.5. The summed E-state index contributed by atoms with van der Waals surface area (Å²) in [5, 5.41) is 4.37. The lowest BCUT2D eigenvalue weighted by Crippen LogP contribution is -2.44. The van der Waals surface area contributed by atoms with E-state index in [1.807, 2.05) is 11.8 Å². The first-order valence-corrected chi connectivity index (χ1v) is 7.73. The molecule has 1 fully saturated rings. The fourth-order valence-electron chi connectivity index (χ4n) is 3.05. The third kappa shape index (κ3) is 2.74. The maximum atomic E-state index is 12.5. The van der Waals surface area contributed by atoms with E-state index in [9.17, 15) is 9.59 Å². The third-order valence-electron chi connectivity index (χ3n) is 4.24. The smallest absolute Gasteiger partial charge is 0.346 e. The van der Waals surface area contributed by atoms with Crippen molar-refractivity contribution in [1.82, 2.24) is 19.2 Å².